The number of nitrogens with zero attached hydrogens (tertiary/aromatic N) is 2. The number of ether oxygens (including phenoxy) is 1. The van der Waals surface area contributed by atoms with Gasteiger partial charge in [-0.05, 0) is 61.7 Å². The van der Waals surface area contributed by atoms with Crippen LogP contribution in [0.4, 0.5) is 5.69 Å². The van der Waals surface area contributed by atoms with Crippen LogP contribution < -0.4 is 14.4 Å². The average molecular weight is 572 g/mol. The summed E-state index contributed by atoms with van der Waals surface area (Å²) in [6.07, 6.45) is 0.314. The van der Waals surface area contributed by atoms with Gasteiger partial charge in [0.05, 0.1) is 17.7 Å². The van der Waals surface area contributed by atoms with E-state index in [1.165, 1.54) is 31.2 Å². The fraction of sp³-hybridized carbons (Fsp3) is 0.310. The van der Waals surface area contributed by atoms with Crippen molar-refractivity contribution in [1.29, 1.82) is 0 Å². The minimum Gasteiger partial charge on any atom is -0.495 e. The van der Waals surface area contributed by atoms with Crippen molar-refractivity contribution in [3.63, 3.8) is 0 Å². The molecule has 0 aliphatic rings. The van der Waals surface area contributed by atoms with E-state index in [4.69, 9.17) is 16.3 Å². The molecule has 3 aromatic carbocycles. The summed E-state index contributed by atoms with van der Waals surface area (Å²) in [5.74, 6) is -0.635. The van der Waals surface area contributed by atoms with Gasteiger partial charge in [0.25, 0.3) is 10.0 Å². The predicted molar refractivity (Wildman–Crippen MR) is 154 cm³/mol. The molecule has 208 valence electrons. The van der Waals surface area contributed by atoms with E-state index in [1.807, 2.05) is 13.8 Å². The summed E-state index contributed by atoms with van der Waals surface area (Å²) in [6, 6.07) is 17.7. The third-order valence-electron chi connectivity index (χ3n) is 6.42. The second-order valence-corrected chi connectivity index (χ2v) is 11.4. The minimum atomic E-state index is -4.21. The third kappa shape index (κ3) is 6.91. The number of carbonyl (C=O) groups is 2. The first-order valence-electron chi connectivity index (χ1n) is 12.5. The number of hydrogen-bond donors (Lipinski definition) is 1. The summed E-state index contributed by atoms with van der Waals surface area (Å²) in [5, 5.41) is 3.04. The molecule has 3 rings (SSSR count). The molecule has 1 atom stereocenters. The van der Waals surface area contributed by atoms with Gasteiger partial charge in [-0.25, -0.2) is 8.42 Å². The first kappa shape index (κ1) is 30.0. The van der Waals surface area contributed by atoms with Gasteiger partial charge in [0.1, 0.15) is 18.3 Å². The Morgan fingerprint density at radius 3 is 2.23 bits per heavy atom. The summed E-state index contributed by atoms with van der Waals surface area (Å²) < 4.78 is 34.6. The van der Waals surface area contributed by atoms with Crippen LogP contribution >= 0.6 is 11.6 Å². The number of hydrogen-bond acceptors (Lipinski definition) is 5. The molecule has 0 spiro atoms. The largest absolute Gasteiger partial charge is 0.495 e. The topological polar surface area (TPSA) is 96.0 Å². The normalized spacial score (nSPS) is 11.9. The zero-order valence-electron chi connectivity index (χ0n) is 22.8. The van der Waals surface area contributed by atoms with E-state index in [0.717, 1.165) is 15.4 Å². The van der Waals surface area contributed by atoms with E-state index in [9.17, 15) is 18.0 Å². The molecule has 0 bridgehead atoms. The number of carbonyl (C=O) groups excluding carboxylic acids is 2. The summed E-state index contributed by atoms with van der Waals surface area (Å²) in [5.41, 5.74) is 2.53. The highest BCUT2D eigenvalue weighted by atomic mass is 35.5. The lowest BCUT2D eigenvalue weighted by atomic mass is 10.1. The monoisotopic (exact) mass is 571 g/mol. The second-order valence-electron chi connectivity index (χ2n) is 9.15. The van der Waals surface area contributed by atoms with Crippen LogP contribution in [-0.2, 0) is 26.2 Å². The van der Waals surface area contributed by atoms with Gasteiger partial charge in [0, 0.05) is 18.6 Å². The molecule has 0 saturated heterocycles. The van der Waals surface area contributed by atoms with Crippen molar-refractivity contribution in [1.82, 2.24) is 10.2 Å². The van der Waals surface area contributed by atoms with Gasteiger partial charge in [-0.2, -0.15) is 0 Å². The molecule has 0 aliphatic heterocycles. The number of aryl methyl sites for hydroxylation is 2. The van der Waals surface area contributed by atoms with Crippen molar-refractivity contribution >= 4 is 39.1 Å². The molecule has 10 heteroatoms. The Morgan fingerprint density at radius 2 is 1.64 bits per heavy atom. The van der Waals surface area contributed by atoms with Crippen LogP contribution in [-0.4, -0.2) is 51.9 Å². The Labute approximate surface area is 235 Å². The standard InChI is InChI=1S/C29H34ClN3O5S/c1-6-25(29(35)31-4)32(18-22-9-7-8-10-24(22)30)28(34)19-33(26-17-21(3)13-16-27(26)38-5)39(36,37)23-14-11-20(2)12-15-23/h7-17,25H,6,18-19H2,1-5H3,(H,31,35)/t25-/m1/s1. The van der Waals surface area contributed by atoms with Gasteiger partial charge in [-0.3, -0.25) is 13.9 Å². The van der Waals surface area contributed by atoms with Crippen LogP contribution in [0, 0.1) is 13.8 Å². The average Bonchev–Trinajstić information content (AvgIpc) is 2.92. The van der Waals surface area contributed by atoms with Crippen molar-refractivity contribution in [3.8, 4) is 5.75 Å². The van der Waals surface area contributed by atoms with Crippen molar-refractivity contribution in [2.75, 3.05) is 25.0 Å². The molecule has 2 amide bonds. The van der Waals surface area contributed by atoms with Crippen LogP contribution in [0.15, 0.2) is 71.6 Å². The lowest BCUT2D eigenvalue weighted by Crippen LogP contribution is -2.51. The first-order chi connectivity index (χ1) is 18.5. The minimum absolute atomic E-state index is 0.0216. The summed E-state index contributed by atoms with van der Waals surface area (Å²) in [7, 11) is -1.27. The molecular formula is C29H34ClN3O5S. The SMILES string of the molecule is CC[C@H](C(=O)NC)N(Cc1ccccc1Cl)C(=O)CN(c1cc(C)ccc1OC)S(=O)(=O)c1ccc(C)cc1. The van der Waals surface area contributed by atoms with Crippen molar-refractivity contribution < 1.29 is 22.7 Å². The van der Waals surface area contributed by atoms with E-state index >= 15 is 0 Å². The molecule has 0 heterocycles. The maximum Gasteiger partial charge on any atom is 0.264 e. The highest BCUT2D eigenvalue weighted by Gasteiger charge is 2.34. The number of sulfonamides is 1. The smallest absolute Gasteiger partial charge is 0.264 e. The summed E-state index contributed by atoms with van der Waals surface area (Å²) in [4.78, 5) is 28.3. The number of methoxy groups -OCH3 is 1. The van der Waals surface area contributed by atoms with Gasteiger partial charge in [-0.1, -0.05) is 60.5 Å². The van der Waals surface area contributed by atoms with Gasteiger partial charge in [0.2, 0.25) is 11.8 Å². The molecular weight excluding hydrogens is 538 g/mol. The highest BCUT2D eigenvalue weighted by Crippen LogP contribution is 2.34. The second kappa shape index (κ2) is 13.0. The molecule has 0 radical (unpaired) electrons. The van der Waals surface area contributed by atoms with E-state index in [2.05, 4.69) is 5.32 Å². The maximum atomic E-state index is 14.0. The van der Waals surface area contributed by atoms with Crippen molar-refractivity contribution in [2.45, 2.75) is 44.7 Å². The predicted octanol–water partition coefficient (Wildman–Crippen LogP) is 4.71. The number of likely N-dealkylation sites (N-methyl/N-ethyl adjacent to an activating group) is 1. The summed E-state index contributed by atoms with van der Waals surface area (Å²) in [6.45, 7) is 4.93. The number of nitrogens with one attached hydrogen (secondary N) is 1. The van der Waals surface area contributed by atoms with E-state index in [1.54, 1.807) is 61.5 Å². The van der Waals surface area contributed by atoms with Gasteiger partial charge in [-0.15, -0.1) is 0 Å². The lowest BCUT2D eigenvalue weighted by Gasteiger charge is -2.33. The van der Waals surface area contributed by atoms with Gasteiger partial charge >= 0.3 is 0 Å². The maximum absolute atomic E-state index is 14.0. The number of benzene rings is 3. The number of rotatable bonds is 11. The quantitative estimate of drug-likeness (QED) is 0.359. The lowest BCUT2D eigenvalue weighted by molar-refractivity contribution is -0.140. The van der Waals surface area contributed by atoms with E-state index in [0.29, 0.717) is 22.8 Å². The van der Waals surface area contributed by atoms with Crippen molar-refractivity contribution in [3.05, 3.63) is 88.4 Å². The molecule has 1 N–H and O–H groups in total. The van der Waals surface area contributed by atoms with Gasteiger partial charge in [0.15, 0.2) is 0 Å². The Morgan fingerprint density at radius 1 is 1.00 bits per heavy atom. The molecule has 8 nitrogen and oxygen atoms in total. The van der Waals surface area contributed by atoms with Crippen LogP contribution in [0.25, 0.3) is 0 Å². The molecule has 3 aromatic rings. The van der Waals surface area contributed by atoms with E-state index < -0.39 is 28.5 Å². The van der Waals surface area contributed by atoms with Gasteiger partial charge < -0.3 is 15.0 Å². The molecule has 0 unspecified atom stereocenters. The van der Waals surface area contributed by atoms with Crippen molar-refractivity contribution in [2.24, 2.45) is 0 Å². The molecule has 39 heavy (non-hydrogen) atoms. The molecule has 0 saturated carbocycles. The molecule has 0 fully saturated rings. The van der Waals surface area contributed by atoms with Crippen LogP contribution in [0.5, 0.6) is 5.75 Å². The fourth-order valence-electron chi connectivity index (χ4n) is 4.24. The number of anilines is 1. The number of amides is 2. The zero-order chi connectivity index (χ0) is 28.7. The number of halogens is 1. The third-order valence-corrected chi connectivity index (χ3v) is 8.56. The Hall–Kier alpha value is -3.56. The Kier molecular flexibility index (Phi) is 9.99. The van der Waals surface area contributed by atoms with Crippen LogP contribution in [0.3, 0.4) is 0 Å². The Balaban J connectivity index is 2.14. The fourth-order valence-corrected chi connectivity index (χ4v) is 5.85. The van der Waals surface area contributed by atoms with E-state index in [-0.39, 0.29) is 23.0 Å². The Bertz CT molecular complexity index is 1430. The van der Waals surface area contributed by atoms with Crippen LogP contribution in [0.2, 0.25) is 5.02 Å². The summed E-state index contributed by atoms with van der Waals surface area (Å²) >= 11 is 6.40. The highest BCUT2D eigenvalue weighted by molar-refractivity contribution is 7.92. The molecule has 0 aromatic heterocycles. The molecule has 0 aliphatic carbocycles. The first-order valence-corrected chi connectivity index (χ1v) is 14.3. The van der Waals surface area contributed by atoms with Crippen LogP contribution in [0.1, 0.15) is 30.0 Å². The zero-order valence-corrected chi connectivity index (χ0v) is 24.3.